The molecular formula is C15H21FN2O. The molecule has 0 spiro atoms. The van der Waals surface area contributed by atoms with Crippen LogP contribution in [-0.4, -0.2) is 29.9 Å². The van der Waals surface area contributed by atoms with E-state index in [1.807, 2.05) is 12.1 Å². The molecule has 1 saturated carbocycles. The summed E-state index contributed by atoms with van der Waals surface area (Å²) >= 11 is 0. The topological polar surface area (TPSA) is 35.8 Å². The molecule has 1 atom stereocenters. The summed E-state index contributed by atoms with van der Waals surface area (Å²) in [4.78, 5) is 2.19. The van der Waals surface area contributed by atoms with Crippen molar-refractivity contribution in [3.05, 3.63) is 35.6 Å². The zero-order chi connectivity index (χ0) is 13.8. The molecule has 1 fully saturated rings. The van der Waals surface area contributed by atoms with Crippen LogP contribution in [0, 0.1) is 11.7 Å². The average Bonchev–Trinajstić information content (AvgIpc) is 2.42. The molecule has 0 bridgehead atoms. The number of oxime groups is 1. The number of hydrogen-bond acceptors (Lipinski definition) is 3. The van der Waals surface area contributed by atoms with Gasteiger partial charge in [0.1, 0.15) is 5.82 Å². The van der Waals surface area contributed by atoms with Crippen LogP contribution in [0.25, 0.3) is 0 Å². The Bertz CT molecular complexity index is 432. The van der Waals surface area contributed by atoms with E-state index in [-0.39, 0.29) is 5.82 Å². The molecule has 19 heavy (non-hydrogen) atoms. The van der Waals surface area contributed by atoms with Gasteiger partial charge in [0, 0.05) is 6.04 Å². The Balaban J connectivity index is 2.15. The van der Waals surface area contributed by atoms with Gasteiger partial charge < -0.3 is 10.1 Å². The van der Waals surface area contributed by atoms with Gasteiger partial charge in [-0.15, -0.1) is 0 Å². The van der Waals surface area contributed by atoms with Crippen molar-refractivity contribution in [1.29, 1.82) is 0 Å². The second-order valence-corrected chi connectivity index (χ2v) is 5.46. The first-order chi connectivity index (χ1) is 9.11. The van der Waals surface area contributed by atoms with Gasteiger partial charge in [0.2, 0.25) is 0 Å². The van der Waals surface area contributed by atoms with Crippen LogP contribution < -0.4 is 0 Å². The lowest BCUT2D eigenvalue weighted by molar-refractivity contribution is 0.189. The van der Waals surface area contributed by atoms with Crippen LogP contribution in [0.1, 0.15) is 37.3 Å². The van der Waals surface area contributed by atoms with Gasteiger partial charge >= 0.3 is 0 Å². The van der Waals surface area contributed by atoms with E-state index >= 15 is 0 Å². The Kier molecular flexibility index (Phi) is 4.53. The van der Waals surface area contributed by atoms with Crippen LogP contribution >= 0.6 is 0 Å². The summed E-state index contributed by atoms with van der Waals surface area (Å²) in [6.07, 6.45) is 3.73. The van der Waals surface area contributed by atoms with Gasteiger partial charge in [-0.2, -0.15) is 0 Å². The zero-order valence-corrected chi connectivity index (χ0v) is 11.5. The summed E-state index contributed by atoms with van der Waals surface area (Å²) in [6, 6.07) is 7.08. The van der Waals surface area contributed by atoms with E-state index in [0.29, 0.717) is 12.0 Å². The Hall–Kier alpha value is -1.42. The summed E-state index contributed by atoms with van der Waals surface area (Å²) < 4.78 is 13.0. The molecule has 1 aliphatic rings. The molecule has 0 aliphatic heterocycles. The summed E-state index contributed by atoms with van der Waals surface area (Å²) in [5, 5.41) is 12.1. The van der Waals surface area contributed by atoms with Crippen molar-refractivity contribution >= 4 is 5.71 Å². The first-order valence-corrected chi connectivity index (χ1v) is 6.73. The van der Waals surface area contributed by atoms with Crippen molar-refractivity contribution < 1.29 is 9.60 Å². The van der Waals surface area contributed by atoms with Gasteiger partial charge in [0.15, 0.2) is 0 Å². The monoisotopic (exact) mass is 264 g/mol. The number of halogens is 1. The molecule has 1 aromatic rings. The largest absolute Gasteiger partial charge is 0.411 e. The van der Waals surface area contributed by atoms with Gasteiger partial charge in [-0.3, -0.25) is 0 Å². The smallest absolute Gasteiger partial charge is 0.123 e. The maximum atomic E-state index is 13.0. The van der Waals surface area contributed by atoms with E-state index in [9.17, 15) is 4.39 Å². The fourth-order valence-electron chi connectivity index (χ4n) is 3.04. The Morgan fingerprint density at radius 3 is 2.26 bits per heavy atom. The lowest BCUT2D eigenvalue weighted by Crippen LogP contribution is -2.30. The van der Waals surface area contributed by atoms with Gasteiger partial charge in [-0.25, -0.2) is 4.39 Å². The maximum absolute atomic E-state index is 13.0. The highest BCUT2D eigenvalue weighted by atomic mass is 19.1. The SMILES string of the molecule is CN(C)C(c1ccc(F)cc1)C1CCC(=NO)CC1. The van der Waals surface area contributed by atoms with Crippen molar-refractivity contribution in [3.8, 4) is 0 Å². The van der Waals surface area contributed by atoms with Crippen LogP contribution in [0.15, 0.2) is 29.4 Å². The molecule has 1 aromatic carbocycles. The number of nitrogens with zero attached hydrogens (tertiary/aromatic N) is 2. The second kappa shape index (κ2) is 6.15. The van der Waals surface area contributed by atoms with Crippen LogP contribution in [0.4, 0.5) is 4.39 Å². The summed E-state index contributed by atoms with van der Waals surface area (Å²) in [5.74, 6) is 0.325. The lowest BCUT2D eigenvalue weighted by Gasteiger charge is -2.35. The summed E-state index contributed by atoms with van der Waals surface area (Å²) in [6.45, 7) is 0. The third-order valence-corrected chi connectivity index (χ3v) is 3.96. The highest BCUT2D eigenvalue weighted by Crippen LogP contribution is 2.36. The third kappa shape index (κ3) is 3.32. The van der Waals surface area contributed by atoms with E-state index < -0.39 is 0 Å². The summed E-state index contributed by atoms with van der Waals surface area (Å²) in [5.41, 5.74) is 2.05. The highest BCUT2D eigenvalue weighted by Gasteiger charge is 2.28. The molecule has 0 radical (unpaired) electrons. The average molecular weight is 264 g/mol. The van der Waals surface area contributed by atoms with E-state index in [0.717, 1.165) is 37.0 Å². The van der Waals surface area contributed by atoms with Crippen molar-refractivity contribution in [3.63, 3.8) is 0 Å². The lowest BCUT2D eigenvalue weighted by atomic mass is 9.80. The molecular weight excluding hydrogens is 243 g/mol. The van der Waals surface area contributed by atoms with Gasteiger partial charge in [0.05, 0.1) is 5.71 Å². The molecule has 1 unspecified atom stereocenters. The molecule has 0 saturated heterocycles. The highest BCUT2D eigenvalue weighted by molar-refractivity contribution is 5.84. The van der Waals surface area contributed by atoms with Crippen molar-refractivity contribution in [1.82, 2.24) is 4.90 Å². The third-order valence-electron chi connectivity index (χ3n) is 3.96. The predicted octanol–water partition coefficient (Wildman–Crippen LogP) is 3.45. The standard InChI is InChI=1S/C15H21FN2O/c1-18(2)15(11-3-7-13(16)8-4-11)12-5-9-14(17-19)10-6-12/h3-4,7-8,12,15,19H,5-6,9-10H2,1-2H3. The van der Waals surface area contributed by atoms with Gasteiger partial charge in [-0.1, -0.05) is 17.3 Å². The number of hydrogen-bond donors (Lipinski definition) is 1. The molecule has 0 amide bonds. The molecule has 3 nitrogen and oxygen atoms in total. The molecule has 104 valence electrons. The normalized spacial score (nSPS) is 21.5. The van der Waals surface area contributed by atoms with Crippen LogP contribution in [0.5, 0.6) is 0 Å². The van der Waals surface area contributed by atoms with E-state index in [4.69, 9.17) is 5.21 Å². The van der Waals surface area contributed by atoms with E-state index in [1.165, 1.54) is 12.1 Å². The van der Waals surface area contributed by atoms with Gasteiger partial charge in [-0.05, 0) is 63.4 Å². The fourth-order valence-corrected chi connectivity index (χ4v) is 3.04. The van der Waals surface area contributed by atoms with E-state index in [1.54, 1.807) is 0 Å². The Morgan fingerprint density at radius 1 is 1.21 bits per heavy atom. The van der Waals surface area contributed by atoms with Crippen molar-refractivity contribution in [2.24, 2.45) is 11.1 Å². The minimum atomic E-state index is -0.195. The van der Waals surface area contributed by atoms with E-state index in [2.05, 4.69) is 24.2 Å². The maximum Gasteiger partial charge on any atom is 0.123 e. The minimum Gasteiger partial charge on any atom is -0.411 e. The zero-order valence-electron chi connectivity index (χ0n) is 11.5. The Labute approximate surface area is 113 Å². The van der Waals surface area contributed by atoms with Gasteiger partial charge in [0.25, 0.3) is 0 Å². The number of benzene rings is 1. The Morgan fingerprint density at radius 2 is 1.79 bits per heavy atom. The number of rotatable bonds is 3. The van der Waals surface area contributed by atoms with Crippen molar-refractivity contribution in [2.45, 2.75) is 31.7 Å². The second-order valence-electron chi connectivity index (χ2n) is 5.46. The first-order valence-electron chi connectivity index (χ1n) is 6.73. The summed E-state index contributed by atoms with van der Waals surface area (Å²) in [7, 11) is 4.12. The predicted molar refractivity (Wildman–Crippen MR) is 74.0 cm³/mol. The van der Waals surface area contributed by atoms with Crippen LogP contribution in [0.2, 0.25) is 0 Å². The quantitative estimate of drug-likeness (QED) is 0.670. The molecule has 2 rings (SSSR count). The molecule has 1 aliphatic carbocycles. The molecule has 0 heterocycles. The molecule has 1 N–H and O–H groups in total. The van der Waals surface area contributed by atoms with Crippen LogP contribution in [-0.2, 0) is 0 Å². The van der Waals surface area contributed by atoms with Crippen molar-refractivity contribution in [2.75, 3.05) is 14.1 Å². The first kappa shape index (κ1) is 14.0. The molecule has 0 aromatic heterocycles. The minimum absolute atomic E-state index is 0.195. The molecule has 4 heteroatoms. The van der Waals surface area contributed by atoms with Crippen LogP contribution in [0.3, 0.4) is 0 Å². The fraction of sp³-hybridized carbons (Fsp3) is 0.533.